The van der Waals surface area contributed by atoms with Gasteiger partial charge in [-0.15, -0.1) is 0 Å². The molecular formula is C28H26Cl2N2O6S. The third-order valence-electron chi connectivity index (χ3n) is 5.87. The van der Waals surface area contributed by atoms with Crippen molar-refractivity contribution in [1.29, 1.82) is 0 Å². The maximum Gasteiger partial charge on any atom is 0.350 e. The number of benzene rings is 2. The zero-order valence-electron chi connectivity index (χ0n) is 21.7. The van der Waals surface area contributed by atoms with Gasteiger partial charge in [0.25, 0.3) is 5.78 Å². The van der Waals surface area contributed by atoms with Crippen LogP contribution in [-0.4, -0.2) is 41.0 Å². The van der Waals surface area contributed by atoms with Crippen LogP contribution in [0.3, 0.4) is 0 Å². The van der Waals surface area contributed by atoms with Crippen molar-refractivity contribution in [2.75, 3.05) is 18.1 Å². The molecule has 3 aromatic rings. The minimum Gasteiger partial charge on any atom is -0.507 e. The molecule has 0 aliphatic carbocycles. The number of aryl methyl sites for hydroxylation is 1. The minimum atomic E-state index is -1.09. The number of nitrogens with zero attached hydrogens (tertiary/aromatic N) is 2. The van der Waals surface area contributed by atoms with Gasteiger partial charge in [-0.25, -0.2) is 9.78 Å². The standard InChI is InChI=1S/C28H26Cl2N2O6S/c1-5-37-27(36)25-15(4)31-28(39-25)32-22(17-8-11-19(29)20(30)12-17)21(24(34)26(32)35)23(33)16-6-9-18(10-7-16)38-13-14(2)3/h6-12,14,22,33H,5,13H2,1-4H3/b23-21+. The first kappa shape index (κ1) is 28.6. The Morgan fingerprint density at radius 2 is 1.82 bits per heavy atom. The maximum absolute atomic E-state index is 13.4. The van der Waals surface area contributed by atoms with Crippen molar-refractivity contribution in [1.82, 2.24) is 4.98 Å². The maximum atomic E-state index is 13.4. The third-order valence-corrected chi connectivity index (χ3v) is 7.74. The molecule has 1 aliphatic heterocycles. The molecule has 0 radical (unpaired) electrons. The van der Waals surface area contributed by atoms with E-state index in [9.17, 15) is 19.5 Å². The highest BCUT2D eigenvalue weighted by Crippen LogP contribution is 2.45. The second-order valence-electron chi connectivity index (χ2n) is 9.20. The molecule has 0 saturated carbocycles. The van der Waals surface area contributed by atoms with E-state index in [1.165, 1.54) is 12.1 Å². The van der Waals surface area contributed by atoms with Gasteiger partial charge in [-0.05, 0) is 61.7 Å². The average molecular weight is 589 g/mol. The number of rotatable bonds is 8. The van der Waals surface area contributed by atoms with Gasteiger partial charge in [0.1, 0.15) is 16.4 Å². The summed E-state index contributed by atoms with van der Waals surface area (Å²) in [6.07, 6.45) is 0. The highest BCUT2D eigenvalue weighted by Gasteiger charge is 2.48. The van der Waals surface area contributed by atoms with Crippen molar-refractivity contribution in [2.24, 2.45) is 5.92 Å². The number of amides is 1. The predicted octanol–water partition coefficient (Wildman–Crippen LogP) is 6.60. The Hall–Kier alpha value is -3.40. The first-order valence-electron chi connectivity index (χ1n) is 12.2. The van der Waals surface area contributed by atoms with Gasteiger partial charge in [-0.2, -0.15) is 0 Å². The number of Topliss-reactive ketones (excluding diaryl/α,β-unsaturated/α-hetero) is 1. The van der Waals surface area contributed by atoms with Crippen molar-refractivity contribution in [3.63, 3.8) is 0 Å². The first-order valence-corrected chi connectivity index (χ1v) is 13.7. The van der Waals surface area contributed by atoms with Gasteiger partial charge in [0, 0.05) is 5.56 Å². The molecule has 39 heavy (non-hydrogen) atoms. The van der Waals surface area contributed by atoms with Crippen LogP contribution in [0.5, 0.6) is 5.75 Å². The second kappa shape index (κ2) is 11.8. The van der Waals surface area contributed by atoms with Crippen molar-refractivity contribution in [3.05, 3.63) is 79.8 Å². The zero-order valence-corrected chi connectivity index (χ0v) is 24.0. The van der Waals surface area contributed by atoms with E-state index in [2.05, 4.69) is 4.98 Å². The summed E-state index contributed by atoms with van der Waals surface area (Å²) in [5.41, 5.74) is 0.935. The van der Waals surface area contributed by atoms with Gasteiger partial charge in [0.2, 0.25) is 0 Å². The molecule has 1 saturated heterocycles. The molecule has 1 aliphatic rings. The van der Waals surface area contributed by atoms with Crippen LogP contribution in [0.1, 0.15) is 53.3 Å². The Morgan fingerprint density at radius 3 is 2.44 bits per heavy atom. The smallest absolute Gasteiger partial charge is 0.350 e. The molecule has 8 nitrogen and oxygen atoms in total. The van der Waals surface area contributed by atoms with Gasteiger partial charge in [-0.3, -0.25) is 14.5 Å². The van der Waals surface area contributed by atoms with Crippen molar-refractivity contribution < 1.29 is 29.0 Å². The number of halogens is 2. The molecular weight excluding hydrogens is 563 g/mol. The summed E-state index contributed by atoms with van der Waals surface area (Å²) in [5, 5.41) is 11.9. The summed E-state index contributed by atoms with van der Waals surface area (Å²) in [6, 6.07) is 10.2. The number of aliphatic hydroxyl groups is 1. The van der Waals surface area contributed by atoms with Gasteiger partial charge in [-0.1, -0.05) is 54.5 Å². The monoisotopic (exact) mass is 588 g/mol. The van der Waals surface area contributed by atoms with E-state index >= 15 is 0 Å². The molecule has 1 fully saturated rings. The Balaban J connectivity index is 1.84. The number of ether oxygens (including phenoxy) is 2. The lowest BCUT2D eigenvalue weighted by Gasteiger charge is -2.23. The van der Waals surface area contributed by atoms with Gasteiger partial charge >= 0.3 is 11.9 Å². The number of ketones is 1. The summed E-state index contributed by atoms with van der Waals surface area (Å²) < 4.78 is 10.8. The van der Waals surface area contributed by atoms with E-state index in [0.717, 1.165) is 16.2 Å². The Morgan fingerprint density at radius 1 is 1.13 bits per heavy atom. The molecule has 1 N–H and O–H groups in total. The number of hydrogen-bond donors (Lipinski definition) is 1. The molecule has 1 aromatic heterocycles. The van der Waals surface area contributed by atoms with E-state index in [1.54, 1.807) is 44.2 Å². The Bertz CT molecular complexity index is 1470. The Labute approximate surface area is 239 Å². The number of carbonyl (C=O) groups excluding carboxylic acids is 3. The number of anilines is 1. The van der Waals surface area contributed by atoms with Crippen LogP contribution >= 0.6 is 34.5 Å². The molecule has 11 heteroatoms. The molecule has 204 valence electrons. The van der Waals surface area contributed by atoms with Crippen LogP contribution in [0.25, 0.3) is 5.76 Å². The molecule has 4 rings (SSSR count). The summed E-state index contributed by atoms with van der Waals surface area (Å²) in [4.78, 5) is 45.0. The number of thiazole rings is 1. The predicted molar refractivity (Wildman–Crippen MR) is 151 cm³/mol. The summed E-state index contributed by atoms with van der Waals surface area (Å²) in [7, 11) is 0. The highest BCUT2D eigenvalue weighted by molar-refractivity contribution is 7.17. The van der Waals surface area contributed by atoms with E-state index in [0.29, 0.717) is 35.1 Å². The lowest BCUT2D eigenvalue weighted by molar-refractivity contribution is -0.132. The Kier molecular flexibility index (Phi) is 8.64. The molecule has 2 heterocycles. The fraction of sp³-hybridized carbons (Fsp3) is 0.286. The fourth-order valence-electron chi connectivity index (χ4n) is 4.03. The van der Waals surface area contributed by atoms with Crippen LogP contribution in [0.4, 0.5) is 5.13 Å². The first-order chi connectivity index (χ1) is 18.5. The molecule has 1 amide bonds. The molecule has 1 unspecified atom stereocenters. The summed E-state index contributed by atoms with van der Waals surface area (Å²) in [5.74, 6) is -1.84. The third kappa shape index (κ3) is 5.80. The zero-order chi connectivity index (χ0) is 28.4. The fourth-order valence-corrected chi connectivity index (χ4v) is 5.32. The highest BCUT2D eigenvalue weighted by atomic mass is 35.5. The van der Waals surface area contributed by atoms with Crippen molar-refractivity contribution >= 4 is 63.1 Å². The van der Waals surface area contributed by atoms with Crippen LogP contribution in [0, 0.1) is 12.8 Å². The topological polar surface area (TPSA) is 106 Å². The SMILES string of the molecule is CCOC(=O)c1sc(N2C(=O)C(=O)/C(=C(/O)c3ccc(OCC(C)C)cc3)C2c2ccc(Cl)c(Cl)c2)nc1C. The quantitative estimate of drug-likeness (QED) is 0.137. The molecule has 0 bridgehead atoms. The summed E-state index contributed by atoms with van der Waals surface area (Å²) in [6.45, 7) is 8.04. The normalized spacial score (nSPS) is 16.7. The lowest BCUT2D eigenvalue weighted by atomic mass is 9.95. The largest absolute Gasteiger partial charge is 0.507 e. The average Bonchev–Trinajstić information content (AvgIpc) is 3.41. The van der Waals surface area contributed by atoms with Crippen LogP contribution < -0.4 is 9.64 Å². The molecule has 1 atom stereocenters. The van der Waals surface area contributed by atoms with E-state index in [4.69, 9.17) is 32.7 Å². The second-order valence-corrected chi connectivity index (χ2v) is 11.0. The van der Waals surface area contributed by atoms with E-state index < -0.39 is 23.7 Å². The number of esters is 1. The van der Waals surface area contributed by atoms with Gasteiger partial charge < -0.3 is 14.6 Å². The number of aliphatic hydroxyl groups excluding tert-OH is 1. The number of aromatic nitrogens is 1. The molecule has 2 aromatic carbocycles. The number of carbonyl (C=O) groups is 3. The van der Waals surface area contributed by atoms with Gasteiger partial charge in [0.15, 0.2) is 5.13 Å². The lowest BCUT2D eigenvalue weighted by Crippen LogP contribution is -2.29. The minimum absolute atomic E-state index is 0.102. The van der Waals surface area contributed by atoms with Gasteiger partial charge in [0.05, 0.1) is 40.6 Å². The van der Waals surface area contributed by atoms with Crippen molar-refractivity contribution in [3.8, 4) is 5.75 Å². The van der Waals surface area contributed by atoms with Crippen LogP contribution in [0.15, 0.2) is 48.0 Å². The van der Waals surface area contributed by atoms with E-state index in [-0.39, 0.29) is 38.0 Å². The van der Waals surface area contributed by atoms with Crippen LogP contribution in [-0.2, 0) is 14.3 Å². The molecule has 0 spiro atoms. The van der Waals surface area contributed by atoms with Crippen LogP contribution in [0.2, 0.25) is 10.0 Å². The van der Waals surface area contributed by atoms with E-state index in [1.807, 2.05) is 13.8 Å². The summed E-state index contributed by atoms with van der Waals surface area (Å²) >= 11 is 13.3. The van der Waals surface area contributed by atoms with Crippen molar-refractivity contribution in [2.45, 2.75) is 33.7 Å². The number of hydrogen-bond acceptors (Lipinski definition) is 8.